The largest absolute Gasteiger partial charge is 0.490 e. The molecule has 0 aliphatic heterocycles. The minimum Gasteiger partial charge on any atom is -0.490 e. The van der Waals surface area contributed by atoms with E-state index in [0.717, 1.165) is 11.1 Å². The number of benzene rings is 2. The fraction of sp³-hybridized carbons (Fsp3) is 0.368. The van der Waals surface area contributed by atoms with E-state index in [1.54, 1.807) is 6.92 Å². The number of ether oxygens (including phenoxy) is 2. The number of aliphatic hydroxyl groups excluding tert-OH is 1. The van der Waals surface area contributed by atoms with E-state index < -0.39 is 0 Å². The van der Waals surface area contributed by atoms with Crippen LogP contribution in [-0.2, 0) is 13.2 Å². The predicted octanol–water partition coefficient (Wildman–Crippen LogP) is 3.79. The molecule has 0 spiro atoms. The molecule has 2 rings (SSSR count). The highest BCUT2D eigenvalue weighted by Gasteiger charge is 2.13. The van der Waals surface area contributed by atoms with E-state index in [-0.39, 0.29) is 6.10 Å². The number of hydrogen-bond acceptors (Lipinski definition) is 4. The highest BCUT2D eigenvalue weighted by Crippen LogP contribution is 2.37. The van der Waals surface area contributed by atoms with Crippen LogP contribution >= 0.6 is 11.6 Å². The van der Waals surface area contributed by atoms with Gasteiger partial charge in [0.25, 0.3) is 0 Å². The summed E-state index contributed by atoms with van der Waals surface area (Å²) in [6.45, 7) is 5.75. The lowest BCUT2D eigenvalue weighted by Gasteiger charge is -2.16. The van der Waals surface area contributed by atoms with Crippen LogP contribution in [-0.4, -0.2) is 24.4 Å². The molecule has 24 heavy (non-hydrogen) atoms. The van der Waals surface area contributed by atoms with Crippen LogP contribution in [0.3, 0.4) is 0 Å². The molecule has 0 bridgehead atoms. The number of aliphatic hydroxyl groups is 1. The number of rotatable bonds is 9. The summed E-state index contributed by atoms with van der Waals surface area (Å²) in [5.41, 5.74) is 2.05. The van der Waals surface area contributed by atoms with Crippen molar-refractivity contribution in [1.82, 2.24) is 5.32 Å². The normalized spacial score (nSPS) is 12.0. The Balaban J connectivity index is 2.11. The number of nitrogens with one attached hydrogen (secondary N) is 1. The van der Waals surface area contributed by atoms with Crippen LogP contribution in [0.5, 0.6) is 11.5 Å². The second kappa shape index (κ2) is 9.52. The standard InChI is InChI=1S/C19H24ClNO3/c1-3-23-18-10-16(12-21-11-14(2)22)9-17(20)19(18)24-13-15-7-5-4-6-8-15/h4-10,14,21-22H,3,11-13H2,1-2H3/t14-/m0/s1. The minimum absolute atomic E-state index is 0.389. The maximum atomic E-state index is 9.31. The molecule has 2 N–H and O–H groups in total. The van der Waals surface area contributed by atoms with Gasteiger partial charge in [-0.1, -0.05) is 41.9 Å². The monoisotopic (exact) mass is 349 g/mol. The molecule has 0 amide bonds. The molecule has 0 saturated carbocycles. The topological polar surface area (TPSA) is 50.7 Å². The Labute approximate surface area is 148 Å². The Morgan fingerprint density at radius 3 is 2.54 bits per heavy atom. The summed E-state index contributed by atoms with van der Waals surface area (Å²) in [5, 5.41) is 13.0. The highest BCUT2D eigenvalue weighted by molar-refractivity contribution is 6.32. The molecule has 4 nitrogen and oxygen atoms in total. The third-order valence-corrected chi connectivity index (χ3v) is 3.64. The first-order valence-electron chi connectivity index (χ1n) is 8.11. The van der Waals surface area contributed by atoms with Crippen molar-refractivity contribution in [1.29, 1.82) is 0 Å². The lowest BCUT2D eigenvalue weighted by atomic mass is 10.2. The summed E-state index contributed by atoms with van der Waals surface area (Å²) in [5.74, 6) is 1.19. The van der Waals surface area contributed by atoms with Gasteiger partial charge in [0, 0.05) is 13.1 Å². The highest BCUT2D eigenvalue weighted by atomic mass is 35.5. The second-order valence-electron chi connectivity index (χ2n) is 5.59. The SMILES string of the molecule is CCOc1cc(CNC[C@H](C)O)cc(Cl)c1OCc1ccccc1. The summed E-state index contributed by atoms with van der Waals surface area (Å²) in [4.78, 5) is 0. The molecule has 0 aliphatic rings. The number of halogens is 1. The van der Waals surface area contributed by atoms with Crippen molar-refractivity contribution in [3.8, 4) is 11.5 Å². The average Bonchev–Trinajstić information content (AvgIpc) is 2.55. The van der Waals surface area contributed by atoms with Gasteiger partial charge in [0.05, 0.1) is 17.7 Å². The van der Waals surface area contributed by atoms with Crippen molar-refractivity contribution in [2.24, 2.45) is 0 Å². The van der Waals surface area contributed by atoms with Gasteiger partial charge in [-0.05, 0) is 37.1 Å². The zero-order valence-electron chi connectivity index (χ0n) is 14.1. The third-order valence-electron chi connectivity index (χ3n) is 3.36. The summed E-state index contributed by atoms with van der Waals surface area (Å²) in [6.07, 6.45) is -0.389. The average molecular weight is 350 g/mol. The van der Waals surface area contributed by atoms with E-state index in [9.17, 15) is 5.11 Å². The lowest BCUT2D eigenvalue weighted by Crippen LogP contribution is -2.23. The Morgan fingerprint density at radius 2 is 1.88 bits per heavy atom. The predicted molar refractivity (Wildman–Crippen MR) is 96.8 cm³/mol. The van der Waals surface area contributed by atoms with Gasteiger partial charge < -0.3 is 19.9 Å². The fourth-order valence-corrected chi connectivity index (χ4v) is 2.57. The van der Waals surface area contributed by atoms with Crippen LogP contribution in [0, 0.1) is 0 Å². The first-order chi connectivity index (χ1) is 11.6. The molecule has 2 aromatic carbocycles. The molecule has 0 unspecified atom stereocenters. The molecule has 0 radical (unpaired) electrons. The van der Waals surface area contributed by atoms with Gasteiger partial charge in [0.1, 0.15) is 6.61 Å². The molecule has 130 valence electrons. The minimum atomic E-state index is -0.389. The van der Waals surface area contributed by atoms with Gasteiger partial charge in [0.2, 0.25) is 0 Å². The zero-order chi connectivity index (χ0) is 17.4. The molecule has 0 heterocycles. The third kappa shape index (κ3) is 5.71. The van der Waals surface area contributed by atoms with Crippen molar-refractivity contribution in [3.05, 3.63) is 58.6 Å². The van der Waals surface area contributed by atoms with E-state index >= 15 is 0 Å². The molecule has 0 aliphatic carbocycles. The Morgan fingerprint density at radius 1 is 1.12 bits per heavy atom. The van der Waals surface area contributed by atoms with Crippen LogP contribution in [0.15, 0.2) is 42.5 Å². The van der Waals surface area contributed by atoms with E-state index in [2.05, 4.69) is 5.32 Å². The van der Waals surface area contributed by atoms with E-state index in [0.29, 0.717) is 42.8 Å². The molecule has 0 fully saturated rings. The van der Waals surface area contributed by atoms with Crippen LogP contribution < -0.4 is 14.8 Å². The smallest absolute Gasteiger partial charge is 0.180 e. The van der Waals surface area contributed by atoms with Crippen LogP contribution in [0.2, 0.25) is 5.02 Å². The summed E-state index contributed by atoms with van der Waals surface area (Å²) >= 11 is 6.40. The van der Waals surface area contributed by atoms with Gasteiger partial charge >= 0.3 is 0 Å². The van der Waals surface area contributed by atoms with Crippen molar-refractivity contribution in [2.45, 2.75) is 33.1 Å². The van der Waals surface area contributed by atoms with Crippen molar-refractivity contribution < 1.29 is 14.6 Å². The zero-order valence-corrected chi connectivity index (χ0v) is 14.8. The summed E-state index contributed by atoms with van der Waals surface area (Å²) in [7, 11) is 0. The first-order valence-corrected chi connectivity index (χ1v) is 8.48. The van der Waals surface area contributed by atoms with E-state index in [1.807, 2.05) is 49.4 Å². The molecule has 5 heteroatoms. The quantitative estimate of drug-likeness (QED) is 0.723. The van der Waals surface area contributed by atoms with E-state index in [4.69, 9.17) is 21.1 Å². The summed E-state index contributed by atoms with van der Waals surface area (Å²) < 4.78 is 11.6. The molecule has 0 aromatic heterocycles. The lowest BCUT2D eigenvalue weighted by molar-refractivity contribution is 0.191. The first kappa shape index (κ1) is 18.6. The van der Waals surface area contributed by atoms with Crippen molar-refractivity contribution in [3.63, 3.8) is 0 Å². The van der Waals surface area contributed by atoms with Gasteiger partial charge in [-0.25, -0.2) is 0 Å². The van der Waals surface area contributed by atoms with Gasteiger partial charge in [-0.3, -0.25) is 0 Å². The Kier molecular flexibility index (Phi) is 7.37. The summed E-state index contributed by atoms with van der Waals surface area (Å²) in [6, 6.07) is 13.7. The second-order valence-corrected chi connectivity index (χ2v) is 6.00. The van der Waals surface area contributed by atoms with E-state index in [1.165, 1.54) is 0 Å². The molecular formula is C19H24ClNO3. The fourth-order valence-electron chi connectivity index (χ4n) is 2.28. The van der Waals surface area contributed by atoms with Crippen molar-refractivity contribution in [2.75, 3.05) is 13.2 Å². The van der Waals surface area contributed by atoms with Crippen molar-refractivity contribution >= 4 is 11.6 Å². The van der Waals surface area contributed by atoms with Crippen LogP contribution in [0.1, 0.15) is 25.0 Å². The maximum absolute atomic E-state index is 9.31. The maximum Gasteiger partial charge on any atom is 0.180 e. The molecule has 2 aromatic rings. The van der Waals surface area contributed by atoms with Gasteiger partial charge in [0.15, 0.2) is 11.5 Å². The van der Waals surface area contributed by atoms with Crippen LogP contribution in [0.25, 0.3) is 0 Å². The Bertz CT molecular complexity index is 632. The van der Waals surface area contributed by atoms with Crippen LogP contribution in [0.4, 0.5) is 0 Å². The molecular weight excluding hydrogens is 326 g/mol. The molecule has 0 saturated heterocycles. The Hall–Kier alpha value is -1.75. The van der Waals surface area contributed by atoms with Gasteiger partial charge in [-0.15, -0.1) is 0 Å². The molecule has 1 atom stereocenters. The number of hydrogen-bond donors (Lipinski definition) is 2. The van der Waals surface area contributed by atoms with Gasteiger partial charge in [-0.2, -0.15) is 0 Å².